The van der Waals surface area contributed by atoms with Crippen LogP contribution < -0.4 is 10.5 Å². The normalized spacial score (nSPS) is 20.9. The van der Waals surface area contributed by atoms with Gasteiger partial charge in [0.25, 0.3) is 15.9 Å². The number of fused-ring (bicyclic) bond motifs is 1. The number of nitrogens with one attached hydrogen (secondary N) is 1. The molecule has 1 aromatic heterocycles. The van der Waals surface area contributed by atoms with Crippen molar-refractivity contribution in [2.24, 2.45) is 17.6 Å². The molecule has 2 aliphatic rings. The quantitative estimate of drug-likeness (QED) is 0.210. The van der Waals surface area contributed by atoms with Gasteiger partial charge in [-0.05, 0) is 86.0 Å². The molecule has 6 rings (SSSR count). The van der Waals surface area contributed by atoms with Gasteiger partial charge in [-0.3, -0.25) is 9.69 Å². The predicted molar refractivity (Wildman–Crippen MR) is 169 cm³/mol. The smallest absolute Gasteiger partial charge is 0.341 e. The lowest BCUT2D eigenvalue weighted by molar-refractivity contribution is -0.128. The highest BCUT2D eigenvalue weighted by Gasteiger charge is 2.52. The van der Waals surface area contributed by atoms with Crippen molar-refractivity contribution in [3.05, 3.63) is 89.1 Å². The monoisotopic (exact) mass is 634 g/mol. The van der Waals surface area contributed by atoms with Crippen LogP contribution in [-0.4, -0.2) is 53.7 Å². The van der Waals surface area contributed by atoms with Crippen molar-refractivity contribution < 1.29 is 22.7 Å². The van der Waals surface area contributed by atoms with E-state index >= 15 is 0 Å². The number of rotatable bonds is 9. The first-order valence-electron chi connectivity index (χ1n) is 14.8. The van der Waals surface area contributed by atoms with Gasteiger partial charge in [-0.25, -0.2) is 17.5 Å². The molecule has 2 heterocycles. The fourth-order valence-corrected chi connectivity index (χ4v) is 8.29. The summed E-state index contributed by atoms with van der Waals surface area (Å²) >= 11 is 6.49. The number of aromatic nitrogens is 1. The van der Waals surface area contributed by atoms with E-state index in [1.165, 1.54) is 18.2 Å². The average molecular weight is 635 g/mol. The third-order valence-electron chi connectivity index (χ3n) is 8.77. The number of halogens is 1. The Morgan fingerprint density at radius 1 is 1.02 bits per heavy atom. The van der Waals surface area contributed by atoms with Crippen molar-refractivity contribution in [3.63, 3.8) is 0 Å². The van der Waals surface area contributed by atoms with Gasteiger partial charge in [0, 0.05) is 30.1 Å². The number of nitrogens with two attached hydrogens (primary N) is 1. The Labute approximate surface area is 262 Å². The number of urea groups is 1. The number of hydrogen-bond acceptors (Lipinski definition) is 6. The zero-order chi connectivity index (χ0) is 31.0. The second kappa shape index (κ2) is 12.3. The number of amides is 3. The summed E-state index contributed by atoms with van der Waals surface area (Å²) in [5.41, 5.74) is 8.61. The van der Waals surface area contributed by atoms with Crippen LogP contribution in [0.25, 0.3) is 10.9 Å². The molecule has 1 saturated carbocycles. The second-order valence-electron chi connectivity index (χ2n) is 11.7. The van der Waals surface area contributed by atoms with E-state index in [0.717, 1.165) is 56.9 Å². The van der Waals surface area contributed by atoms with Gasteiger partial charge in [0.2, 0.25) is 0 Å². The molecule has 0 bridgehead atoms. The van der Waals surface area contributed by atoms with Crippen LogP contribution in [0.5, 0.6) is 11.5 Å². The van der Waals surface area contributed by atoms with Crippen molar-refractivity contribution in [1.29, 1.82) is 0 Å². The maximum absolute atomic E-state index is 14.2. The van der Waals surface area contributed by atoms with E-state index in [9.17, 15) is 18.0 Å². The van der Waals surface area contributed by atoms with Gasteiger partial charge in [0.1, 0.15) is 17.5 Å². The molecule has 0 radical (unpaired) electrons. The third-order valence-corrected chi connectivity index (χ3v) is 10.8. The van der Waals surface area contributed by atoms with E-state index in [1.54, 1.807) is 18.3 Å². The van der Waals surface area contributed by atoms with Gasteiger partial charge >= 0.3 is 6.03 Å². The molecule has 44 heavy (non-hydrogen) atoms. The summed E-state index contributed by atoms with van der Waals surface area (Å²) in [4.78, 5) is 32.1. The van der Waals surface area contributed by atoms with Gasteiger partial charge in [-0.15, -0.1) is 0 Å². The molecular weight excluding hydrogens is 600 g/mol. The number of nitrogens with zero attached hydrogens (tertiary/aromatic N) is 2. The van der Waals surface area contributed by atoms with Gasteiger partial charge in [0.05, 0.1) is 9.92 Å². The van der Waals surface area contributed by atoms with Crippen LogP contribution in [0, 0.1) is 18.8 Å². The Kier molecular flexibility index (Phi) is 8.41. The summed E-state index contributed by atoms with van der Waals surface area (Å²) in [6.07, 6.45) is 5.43. The molecule has 2 fully saturated rings. The minimum absolute atomic E-state index is 0.0305. The number of sulfonamides is 1. The maximum Gasteiger partial charge on any atom is 0.341 e. The molecule has 1 aliphatic heterocycles. The number of ether oxygens (including phenoxy) is 1. The van der Waals surface area contributed by atoms with Crippen LogP contribution in [0.4, 0.5) is 4.79 Å². The molecule has 3 atom stereocenters. The summed E-state index contributed by atoms with van der Waals surface area (Å²) < 4.78 is 35.0. The molecule has 1 saturated heterocycles. The summed E-state index contributed by atoms with van der Waals surface area (Å²) in [5.74, 6) is 0.665. The number of benzene rings is 3. The van der Waals surface area contributed by atoms with Crippen LogP contribution >= 0.6 is 11.6 Å². The number of imide groups is 1. The van der Waals surface area contributed by atoms with Crippen LogP contribution in [0.3, 0.4) is 0 Å². The SMILES string of the molecule is Cc1cccc2c(CC3C(=O)N(CC4CCCC(CN)C4)C(=O)N3S(=O)(=O)c3ccc(Oc4ccccc4)c(Cl)c3)c[nH]c12. The molecule has 3 aromatic carbocycles. The van der Waals surface area contributed by atoms with Crippen molar-refractivity contribution in [2.45, 2.75) is 50.0 Å². The Morgan fingerprint density at radius 3 is 2.55 bits per heavy atom. The molecule has 3 N–H and O–H groups in total. The van der Waals surface area contributed by atoms with Crippen LogP contribution in [0.1, 0.15) is 36.8 Å². The van der Waals surface area contributed by atoms with Crippen LogP contribution in [0.2, 0.25) is 5.02 Å². The molecule has 11 heteroatoms. The van der Waals surface area contributed by atoms with Crippen molar-refractivity contribution in [2.75, 3.05) is 13.1 Å². The van der Waals surface area contributed by atoms with E-state index in [0.29, 0.717) is 18.2 Å². The summed E-state index contributed by atoms with van der Waals surface area (Å²) in [5, 5.41) is 0.938. The highest BCUT2D eigenvalue weighted by Crippen LogP contribution is 2.37. The Hall–Kier alpha value is -3.86. The van der Waals surface area contributed by atoms with Gasteiger partial charge < -0.3 is 15.5 Å². The zero-order valence-electron chi connectivity index (χ0n) is 24.4. The van der Waals surface area contributed by atoms with Crippen LogP contribution in [-0.2, 0) is 21.2 Å². The molecule has 230 valence electrons. The van der Waals surface area contributed by atoms with Gasteiger partial charge in [-0.2, -0.15) is 0 Å². The number of H-pyrrole nitrogens is 1. The first-order chi connectivity index (χ1) is 21.2. The van der Waals surface area contributed by atoms with Gasteiger partial charge in [-0.1, -0.05) is 54.4 Å². The highest BCUT2D eigenvalue weighted by atomic mass is 35.5. The van der Waals surface area contributed by atoms with E-state index in [2.05, 4.69) is 4.98 Å². The summed E-state index contributed by atoms with van der Waals surface area (Å²) in [6.45, 7) is 2.68. The molecule has 1 aliphatic carbocycles. The van der Waals surface area contributed by atoms with Crippen molar-refractivity contribution in [3.8, 4) is 11.5 Å². The number of aryl methyl sites for hydroxylation is 1. The maximum atomic E-state index is 14.2. The standard InChI is InChI=1S/C33H35ClN4O5S/c1-21-7-5-12-27-24(19-36-31(21)27)16-29-32(39)37(20-23-9-6-8-22(15-23)18-35)33(40)38(29)44(41,42)26-13-14-30(28(34)17-26)43-25-10-3-2-4-11-25/h2-5,7,10-14,17,19,22-23,29,36H,6,8-9,15-16,18,20,35H2,1H3. The molecule has 9 nitrogen and oxygen atoms in total. The van der Waals surface area contributed by atoms with E-state index < -0.39 is 28.0 Å². The number of hydrogen-bond donors (Lipinski definition) is 2. The molecule has 3 unspecified atom stereocenters. The second-order valence-corrected chi connectivity index (χ2v) is 13.9. The number of para-hydroxylation sites is 2. The predicted octanol–water partition coefficient (Wildman–Crippen LogP) is 6.25. The third kappa shape index (κ3) is 5.69. The fraction of sp³-hybridized carbons (Fsp3) is 0.333. The summed E-state index contributed by atoms with van der Waals surface area (Å²) in [7, 11) is -4.48. The number of carbonyl (C=O) groups excluding carboxylic acids is 2. The lowest BCUT2D eigenvalue weighted by Gasteiger charge is -2.30. The zero-order valence-corrected chi connectivity index (χ0v) is 26.0. The largest absolute Gasteiger partial charge is 0.456 e. The van der Waals surface area contributed by atoms with Crippen molar-refractivity contribution in [1.82, 2.24) is 14.2 Å². The Bertz CT molecular complexity index is 1810. The number of carbonyl (C=O) groups is 2. The van der Waals surface area contributed by atoms with Crippen molar-refractivity contribution >= 4 is 44.5 Å². The first-order valence-corrected chi connectivity index (χ1v) is 16.7. The van der Waals surface area contributed by atoms with Crippen LogP contribution in [0.15, 0.2) is 77.8 Å². The minimum atomic E-state index is -4.48. The molecule has 3 amide bonds. The summed E-state index contributed by atoms with van der Waals surface area (Å²) in [6, 6.07) is 16.7. The van der Waals surface area contributed by atoms with E-state index in [-0.39, 0.29) is 34.6 Å². The Morgan fingerprint density at radius 2 is 1.80 bits per heavy atom. The lowest BCUT2D eigenvalue weighted by atomic mass is 9.81. The highest BCUT2D eigenvalue weighted by molar-refractivity contribution is 7.89. The lowest BCUT2D eigenvalue weighted by Crippen LogP contribution is -2.41. The average Bonchev–Trinajstić information content (AvgIpc) is 3.54. The minimum Gasteiger partial charge on any atom is -0.456 e. The Balaban J connectivity index is 1.34. The number of aromatic amines is 1. The van der Waals surface area contributed by atoms with E-state index in [1.807, 2.05) is 43.3 Å². The van der Waals surface area contributed by atoms with E-state index in [4.69, 9.17) is 22.1 Å². The van der Waals surface area contributed by atoms with Gasteiger partial charge in [0.15, 0.2) is 0 Å². The first kappa shape index (κ1) is 30.2. The fourth-order valence-electron chi connectivity index (χ4n) is 6.47. The topological polar surface area (TPSA) is 126 Å². The molecule has 4 aromatic rings. The molecular formula is C33H35ClN4O5S. The molecule has 0 spiro atoms.